The Kier molecular flexibility index (Phi) is 7.45. The van der Waals surface area contributed by atoms with Gasteiger partial charge in [0.2, 0.25) is 0 Å². The quantitative estimate of drug-likeness (QED) is 0.175. The Bertz CT molecular complexity index is 4510. The van der Waals surface area contributed by atoms with Crippen molar-refractivity contribution in [3.8, 4) is 67.5 Å². The molecule has 2 aliphatic carbocycles. The van der Waals surface area contributed by atoms with Crippen molar-refractivity contribution in [2.45, 2.75) is 5.41 Å². The monoisotopic (exact) mass is 893 g/mol. The van der Waals surface area contributed by atoms with Crippen LogP contribution in [0.2, 0.25) is 0 Å². The van der Waals surface area contributed by atoms with Crippen molar-refractivity contribution >= 4 is 65.8 Å². The molecule has 0 N–H and O–H groups in total. The summed E-state index contributed by atoms with van der Waals surface area (Å²) in [5, 5.41) is 6.48. The molecule has 2 aliphatic rings. The van der Waals surface area contributed by atoms with Gasteiger partial charge in [-0.3, -0.25) is 0 Å². The predicted octanol–water partition coefficient (Wildman–Crippen LogP) is 16.6. The van der Waals surface area contributed by atoms with E-state index in [0.717, 1.165) is 93.6 Å². The summed E-state index contributed by atoms with van der Waals surface area (Å²) >= 11 is 0. The lowest BCUT2D eigenvalue weighted by Gasteiger charge is -2.31. The Labute approximate surface area is 399 Å². The topological polar surface area (TPSA) is 78.1 Å². The lowest BCUT2D eigenvalue weighted by Crippen LogP contribution is -2.26. The largest absolute Gasteiger partial charge is 0.456 e. The Morgan fingerprint density at radius 2 is 0.857 bits per heavy atom. The molecule has 0 fully saturated rings. The van der Waals surface area contributed by atoms with Crippen molar-refractivity contribution < 1.29 is 13.3 Å². The summed E-state index contributed by atoms with van der Waals surface area (Å²) < 4.78 is 20.0. The Hall–Kier alpha value is -9.39. The van der Waals surface area contributed by atoms with Crippen molar-refractivity contribution in [2.24, 2.45) is 0 Å². The van der Waals surface area contributed by atoms with E-state index in [2.05, 4.69) is 146 Å². The second-order valence-electron chi connectivity index (χ2n) is 18.5. The molecule has 0 saturated carbocycles. The maximum Gasteiger partial charge on any atom is 0.167 e. The van der Waals surface area contributed by atoms with E-state index in [1.165, 1.54) is 44.5 Å². The van der Waals surface area contributed by atoms with Gasteiger partial charge in [0.15, 0.2) is 17.5 Å². The van der Waals surface area contributed by atoms with E-state index in [1.54, 1.807) is 0 Å². The molecule has 1 spiro atoms. The van der Waals surface area contributed by atoms with Gasteiger partial charge in [-0.05, 0) is 110 Å². The van der Waals surface area contributed by atoms with Gasteiger partial charge in [0, 0.05) is 43.4 Å². The molecular weight excluding hydrogens is 859 g/mol. The van der Waals surface area contributed by atoms with Gasteiger partial charge < -0.3 is 13.3 Å². The summed E-state index contributed by atoms with van der Waals surface area (Å²) in [5.74, 6) is 1.71. The standard InChI is InChI=1S/C64H35N3O3/c1-2-14-36(15-3-1)61-65-62(67-63(66-61)46-23-13-22-45-42-20-6-11-27-54(42)70-60(45)46)39-17-12-16-37(32-39)38-28-30-55-49(33-38)58-56(68-55)31-29-44-47-34-48-43-21-7-10-26-53(43)69-57(48)35-52(47)64(59(44)58)50-24-8-4-18-40(50)41-19-5-9-25-51(41)64/h1-35H. The summed E-state index contributed by atoms with van der Waals surface area (Å²) in [6, 6.07) is 74.8. The highest BCUT2D eigenvalue weighted by Gasteiger charge is 2.53. The first-order valence-corrected chi connectivity index (χ1v) is 23.7. The van der Waals surface area contributed by atoms with Crippen molar-refractivity contribution in [3.63, 3.8) is 0 Å². The molecule has 0 atom stereocenters. The number of rotatable bonds is 4. The zero-order valence-electron chi connectivity index (χ0n) is 37.3. The van der Waals surface area contributed by atoms with Gasteiger partial charge in [-0.25, -0.2) is 15.0 Å². The van der Waals surface area contributed by atoms with Crippen LogP contribution in [-0.2, 0) is 5.41 Å². The van der Waals surface area contributed by atoms with Crippen LogP contribution in [0.3, 0.4) is 0 Å². The van der Waals surface area contributed by atoms with Crippen LogP contribution in [0.15, 0.2) is 226 Å². The number of benzene rings is 10. The van der Waals surface area contributed by atoms with Gasteiger partial charge in [0.25, 0.3) is 0 Å². The molecule has 4 aromatic heterocycles. The van der Waals surface area contributed by atoms with Gasteiger partial charge in [0.05, 0.1) is 11.0 Å². The third-order valence-corrected chi connectivity index (χ3v) is 14.9. The average Bonchev–Trinajstić information content (AvgIpc) is 4.23. The molecule has 4 heterocycles. The zero-order chi connectivity index (χ0) is 45.7. The number of hydrogen-bond acceptors (Lipinski definition) is 6. The van der Waals surface area contributed by atoms with E-state index in [4.69, 9.17) is 28.2 Å². The molecule has 0 aliphatic heterocycles. The molecule has 0 amide bonds. The molecular formula is C64H35N3O3. The second-order valence-corrected chi connectivity index (χ2v) is 18.5. The first-order valence-electron chi connectivity index (χ1n) is 23.7. The second kappa shape index (κ2) is 13.8. The first-order chi connectivity index (χ1) is 34.7. The van der Waals surface area contributed by atoms with Crippen LogP contribution in [0.1, 0.15) is 22.3 Å². The Balaban J connectivity index is 0.908. The third-order valence-electron chi connectivity index (χ3n) is 14.9. The highest BCUT2D eigenvalue weighted by molar-refractivity contribution is 6.16. The number of hydrogen-bond donors (Lipinski definition) is 0. The number of furan rings is 3. The molecule has 70 heavy (non-hydrogen) atoms. The summed E-state index contributed by atoms with van der Waals surface area (Å²) in [5.41, 5.74) is 19.0. The van der Waals surface area contributed by atoms with E-state index < -0.39 is 5.41 Å². The van der Waals surface area contributed by atoms with E-state index in [9.17, 15) is 0 Å². The van der Waals surface area contributed by atoms with Gasteiger partial charge in [-0.1, -0.05) is 158 Å². The van der Waals surface area contributed by atoms with Gasteiger partial charge in [0.1, 0.15) is 33.5 Å². The van der Waals surface area contributed by atoms with Crippen molar-refractivity contribution in [3.05, 3.63) is 235 Å². The number of aromatic nitrogens is 3. The SMILES string of the molecule is c1ccc(-c2nc(-c3cccc(-c4ccc5oc6ccc7c(c6c5c4)C4(c5ccccc5-c5ccccc54)c4cc5oc6ccccc6c5cc4-7)c3)nc(-c3cccc4c3oc3ccccc34)n2)cc1. The van der Waals surface area contributed by atoms with Gasteiger partial charge in [-0.2, -0.15) is 0 Å². The lowest BCUT2D eigenvalue weighted by molar-refractivity contribution is 0.666. The number of nitrogens with zero attached hydrogens (tertiary/aromatic N) is 3. The fraction of sp³-hybridized carbons (Fsp3) is 0.0156. The highest BCUT2D eigenvalue weighted by atomic mass is 16.3. The fourth-order valence-corrected chi connectivity index (χ4v) is 12.0. The minimum Gasteiger partial charge on any atom is -0.456 e. The van der Waals surface area contributed by atoms with E-state index in [0.29, 0.717) is 17.5 Å². The number of fused-ring (bicyclic) bond motifs is 20. The van der Waals surface area contributed by atoms with Crippen LogP contribution < -0.4 is 0 Å². The van der Waals surface area contributed by atoms with Crippen molar-refractivity contribution in [1.29, 1.82) is 0 Å². The van der Waals surface area contributed by atoms with Crippen LogP contribution in [-0.4, -0.2) is 15.0 Å². The van der Waals surface area contributed by atoms with Crippen molar-refractivity contribution in [1.82, 2.24) is 15.0 Å². The first kappa shape index (κ1) is 37.7. The molecule has 6 nitrogen and oxygen atoms in total. The maximum absolute atomic E-state index is 6.87. The summed E-state index contributed by atoms with van der Waals surface area (Å²) in [6.45, 7) is 0. The zero-order valence-corrected chi connectivity index (χ0v) is 37.3. The Morgan fingerprint density at radius 1 is 0.286 bits per heavy atom. The molecule has 0 unspecified atom stereocenters. The normalized spacial score (nSPS) is 13.3. The number of para-hydroxylation sites is 3. The summed E-state index contributed by atoms with van der Waals surface area (Å²) in [7, 11) is 0. The summed E-state index contributed by atoms with van der Waals surface area (Å²) in [4.78, 5) is 15.4. The van der Waals surface area contributed by atoms with Crippen LogP contribution in [0.25, 0.3) is 133 Å². The molecule has 324 valence electrons. The third kappa shape index (κ3) is 5.03. The average molecular weight is 894 g/mol. The van der Waals surface area contributed by atoms with Crippen LogP contribution >= 0.6 is 0 Å². The van der Waals surface area contributed by atoms with Gasteiger partial charge in [-0.15, -0.1) is 0 Å². The minimum absolute atomic E-state index is 0.546. The van der Waals surface area contributed by atoms with E-state index in [-0.39, 0.29) is 0 Å². The Morgan fingerprint density at radius 3 is 1.67 bits per heavy atom. The maximum atomic E-state index is 6.87. The fourth-order valence-electron chi connectivity index (χ4n) is 12.0. The minimum atomic E-state index is -0.628. The molecule has 16 rings (SSSR count). The van der Waals surface area contributed by atoms with E-state index in [1.807, 2.05) is 66.7 Å². The molecule has 0 saturated heterocycles. The molecule has 10 aromatic carbocycles. The van der Waals surface area contributed by atoms with Crippen molar-refractivity contribution in [2.75, 3.05) is 0 Å². The van der Waals surface area contributed by atoms with Crippen LogP contribution in [0.4, 0.5) is 0 Å². The molecule has 0 bridgehead atoms. The van der Waals surface area contributed by atoms with Crippen LogP contribution in [0, 0.1) is 0 Å². The smallest absolute Gasteiger partial charge is 0.167 e. The highest BCUT2D eigenvalue weighted by Crippen LogP contribution is 2.65. The van der Waals surface area contributed by atoms with Crippen LogP contribution in [0.5, 0.6) is 0 Å². The summed E-state index contributed by atoms with van der Waals surface area (Å²) in [6.07, 6.45) is 0. The lowest BCUT2D eigenvalue weighted by atomic mass is 9.69. The molecule has 14 aromatic rings. The molecule has 0 radical (unpaired) electrons. The van der Waals surface area contributed by atoms with E-state index >= 15 is 0 Å². The predicted molar refractivity (Wildman–Crippen MR) is 280 cm³/mol. The molecule has 6 heteroatoms. The van der Waals surface area contributed by atoms with Gasteiger partial charge >= 0.3 is 0 Å².